The second-order valence-electron chi connectivity index (χ2n) is 17.1. The van der Waals surface area contributed by atoms with Crippen molar-refractivity contribution >= 4 is 0 Å². The summed E-state index contributed by atoms with van der Waals surface area (Å²) in [6, 6.07) is 0. The molecule has 258 valence electrons. The first-order valence-corrected chi connectivity index (χ1v) is 17.1. The molecule has 0 aromatic heterocycles. The maximum Gasteiger partial charge on any atom is 0.187 e. The van der Waals surface area contributed by atoms with Gasteiger partial charge >= 0.3 is 0 Å². The molecule has 4 saturated carbocycles. The Bertz CT molecular complexity index is 1140. The van der Waals surface area contributed by atoms with Gasteiger partial charge in [-0.25, -0.2) is 0 Å². The van der Waals surface area contributed by atoms with Crippen molar-refractivity contribution < 1.29 is 45.2 Å². The standard InChI is InChI=1S/C36H60O9/c1-19(2)10-9-13-36(8,45-31-29(43)28(42)27(41)23(18-37)44-31)20-11-15-34(6)26(20)21(38)16-24-33(5)14-12-25(40)32(3,4)30(33)22(39)17-35(24,34)7/h9-10,20-31,37-43H,1,11-18H2,2-8H3/b10-9+/t20-,21+,22-,23+,24+,25-,26-,27+,28-,29+,30-,31-,33+,34+,35+,36-/m0/s1. The third-order valence-electron chi connectivity index (χ3n) is 14.2. The molecule has 5 fully saturated rings. The van der Waals surface area contributed by atoms with Crippen molar-refractivity contribution in [2.75, 3.05) is 6.61 Å². The summed E-state index contributed by atoms with van der Waals surface area (Å²) in [4.78, 5) is 0. The summed E-state index contributed by atoms with van der Waals surface area (Å²) in [7, 11) is 0. The smallest absolute Gasteiger partial charge is 0.187 e. The topological polar surface area (TPSA) is 160 Å². The fourth-order valence-electron chi connectivity index (χ4n) is 11.8. The van der Waals surface area contributed by atoms with Gasteiger partial charge in [-0.15, -0.1) is 0 Å². The van der Waals surface area contributed by atoms with Crippen molar-refractivity contribution in [3.8, 4) is 0 Å². The molecule has 5 rings (SSSR count). The molecule has 0 unspecified atom stereocenters. The van der Waals surface area contributed by atoms with Crippen molar-refractivity contribution in [3.05, 3.63) is 24.3 Å². The third kappa shape index (κ3) is 5.32. The number of aliphatic hydroxyl groups is 7. The van der Waals surface area contributed by atoms with Crippen molar-refractivity contribution in [2.45, 2.75) is 148 Å². The van der Waals surface area contributed by atoms with Crippen LogP contribution in [0.1, 0.15) is 93.4 Å². The molecule has 45 heavy (non-hydrogen) atoms. The zero-order valence-electron chi connectivity index (χ0n) is 28.4. The van der Waals surface area contributed by atoms with Crippen LogP contribution in [-0.4, -0.2) is 97.0 Å². The van der Waals surface area contributed by atoms with Crippen LogP contribution < -0.4 is 0 Å². The van der Waals surface area contributed by atoms with Gasteiger partial charge in [0.2, 0.25) is 0 Å². The number of rotatable bonds is 7. The molecule has 0 spiro atoms. The summed E-state index contributed by atoms with van der Waals surface area (Å²) >= 11 is 0. The molecule has 16 atom stereocenters. The zero-order chi connectivity index (χ0) is 33.5. The Morgan fingerprint density at radius 3 is 2.22 bits per heavy atom. The molecule has 4 aliphatic carbocycles. The van der Waals surface area contributed by atoms with Crippen molar-refractivity contribution in [2.24, 2.45) is 45.3 Å². The maximum absolute atomic E-state index is 12.2. The average molecular weight is 637 g/mol. The minimum absolute atomic E-state index is 0.0801. The summed E-state index contributed by atoms with van der Waals surface area (Å²) < 4.78 is 12.5. The maximum atomic E-state index is 12.2. The number of ether oxygens (including phenoxy) is 2. The lowest BCUT2D eigenvalue weighted by Gasteiger charge is -2.71. The Hall–Kier alpha value is -0.880. The van der Waals surface area contributed by atoms with E-state index in [1.165, 1.54) is 0 Å². The summed E-state index contributed by atoms with van der Waals surface area (Å²) in [6.07, 6.45) is -0.0938. The average Bonchev–Trinajstić information content (AvgIpc) is 3.33. The normalized spacial score (nSPS) is 52.5. The zero-order valence-corrected chi connectivity index (χ0v) is 28.4. The number of hydrogen-bond donors (Lipinski definition) is 7. The van der Waals surface area contributed by atoms with Gasteiger partial charge in [0.15, 0.2) is 6.29 Å². The molecule has 0 aromatic carbocycles. The minimum atomic E-state index is -1.56. The summed E-state index contributed by atoms with van der Waals surface area (Å²) in [6.45, 7) is 18.4. The van der Waals surface area contributed by atoms with Crippen molar-refractivity contribution in [1.29, 1.82) is 0 Å². The first-order chi connectivity index (χ1) is 20.8. The van der Waals surface area contributed by atoms with E-state index in [0.29, 0.717) is 25.7 Å². The van der Waals surface area contributed by atoms with Crippen LogP contribution in [0.25, 0.3) is 0 Å². The monoisotopic (exact) mass is 636 g/mol. The van der Waals surface area contributed by atoms with Gasteiger partial charge in [0.25, 0.3) is 0 Å². The number of fused-ring (bicyclic) bond motifs is 5. The summed E-state index contributed by atoms with van der Waals surface area (Å²) in [5, 5.41) is 76.8. The first kappa shape index (κ1) is 35.4. The first-order valence-electron chi connectivity index (χ1n) is 17.1. The quantitative estimate of drug-likeness (QED) is 0.209. The van der Waals surface area contributed by atoms with Gasteiger partial charge in [0.05, 0.1) is 30.5 Å². The van der Waals surface area contributed by atoms with E-state index in [4.69, 9.17) is 9.47 Å². The van der Waals surface area contributed by atoms with E-state index < -0.39 is 66.6 Å². The molecule has 0 bridgehead atoms. The minimum Gasteiger partial charge on any atom is -0.394 e. The molecule has 5 aliphatic rings. The highest BCUT2D eigenvalue weighted by molar-refractivity contribution is 5.22. The van der Waals surface area contributed by atoms with E-state index in [-0.39, 0.29) is 39.9 Å². The van der Waals surface area contributed by atoms with Gasteiger partial charge in [-0.1, -0.05) is 58.9 Å². The van der Waals surface area contributed by atoms with Crippen molar-refractivity contribution in [1.82, 2.24) is 0 Å². The number of aliphatic hydroxyl groups excluding tert-OH is 7. The Labute approximate surface area is 269 Å². The Morgan fingerprint density at radius 2 is 1.60 bits per heavy atom. The Kier molecular flexibility index (Phi) is 9.38. The number of allylic oxidation sites excluding steroid dienone is 2. The van der Waals surface area contributed by atoms with E-state index in [2.05, 4.69) is 41.2 Å². The lowest BCUT2D eigenvalue weighted by atomic mass is 9.34. The molecular formula is C36H60O9. The molecule has 1 saturated heterocycles. The van der Waals surface area contributed by atoms with Crippen LogP contribution in [0.3, 0.4) is 0 Å². The SMILES string of the molecule is C=C(C)/C=C/C[C@](C)(O[C@@H]1O[C@H](CO)[C@@H](O)[C@H](O)[C@H]1O)[C@H]1CC[C@]2(C)[C@@H]1[C@H](O)C[C@@H]1[C@@]3(C)CC[C@H](O)C(C)(C)[C@@H]3[C@@H](O)C[C@]12C. The molecule has 9 nitrogen and oxygen atoms in total. The second kappa shape index (κ2) is 11.9. The predicted octanol–water partition coefficient (Wildman–Crippen LogP) is 3.07. The molecule has 0 amide bonds. The van der Waals surface area contributed by atoms with Crippen molar-refractivity contribution in [3.63, 3.8) is 0 Å². The van der Waals surface area contributed by atoms with Crippen LogP contribution in [0.2, 0.25) is 0 Å². The lowest BCUT2D eigenvalue weighted by Crippen LogP contribution is -2.70. The van der Waals surface area contributed by atoms with Gasteiger partial charge in [-0.2, -0.15) is 0 Å². The molecular weight excluding hydrogens is 576 g/mol. The molecule has 9 heteroatoms. The van der Waals surface area contributed by atoms with E-state index in [1.807, 2.05) is 26.0 Å². The fourth-order valence-corrected chi connectivity index (χ4v) is 11.8. The van der Waals surface area contributed by atoms with Crippen LogP contribution in [0.4, 0.5) is 0 Å². The lowest BCUT2D eigenvalue weighted by molar-refractivity contribution is -0.335. The molecule has 1 aliphatic heterocycles. The summed E-state index contributed by atoms with van der Waals surface area (Å²) in [5.41, 5.74) is -1.40. The van der Waals surface area contributed by atoms with Gasteiger partial charge in [-0.05, 0) is 104 Å². The molecule has 1 heterocycles. The highest BCUT2D eigenvalue weighted by Gasteiger charge is 2.73. The highest BCUT2D eigenvalue weighted by Crippen LogP contribution is 2.76. The third-order valence-corrected chi connectivity index (χ3v) is 14.2. The van der Waals surface area contributed by atoms with Crippen LogP contribution in [0.15, 0.2) is 24.3 Å². The van der Waals surface area contributed by atoms with Crippen LogP contribution in [-0.2, 0) is 9.47 Å². The Balaban J connectivity index is 1.52. The molecule has 0 aromatic rings. The largest absolute Gasteiger partial charge is 0.394 e. The van der Waals surface area contributed by atoms with Gasteiger partial charge in [0.1, 0.15) is 24.4 Å². The van der Waals surface area contributed by atoms with E-state index in [9.17, 15) is 35.7 Å². The van der Waals surface area contributed by atoms with E-state index in [0.717, 1.165) is 24.8 Å². The molecule has 0 radical (unpaired) electrons. The van der Waals surface area contributed by atoms with Crippen LogP contribution >= 0.6 is 0 Å². The number of hydrogen-bond acceptors (Lipinski definition) is 9. The summed E-state index contributed by atoms with van der Waals surface area (Å²) in [5.74, 6) is -0.268. The van der Waals surface area contributed by atoms with Gasteiger partial charge < -0.3 is 45.2 Å². The highest BCUT2D eigenvalue weighted by atomic mass is 16.7. The van der Waals surface area contributed by atoms with Gasteiger partial charge in [0, 0.05) is 0 Å². The van der Waals surface area contributed by atoms with Gasteiger partial charge in [-0.3, -0.25) is 0 Å². The molecule has 7 N–H and O–H groups in total. The predicted molar refractivity (Wildman–Crippen MR) is 170 cm³/mol. The van der Waals surface area contributed by atoms with E-state index in [1.54, 1.807) is 0 Å². The van der Waals surface area contributed by atoms with E-state index >= 15 is 0 Å². The fraction of sp³-hybridized carbons (Fsp3) is 0.889. The van der Waals surface area contributed by atoms with Crippen LogP contribution in [0.5, 0.6) is 0 Å². The Morgan fingerprint density at radius 1 is 0.933 bits per heavy atom. The second-order valence-corrected chi connectivity index (χ2v) is 17.1. The van der Waals surface area contributed by atoms with Crippen LogP contribution in [0, 0.1) is 45.3 Å².